The minimum absolute atomic E-state index is 0. The Labute approximate surface area is 102 Å². The Morgan fingerprint density at radius 1 is 1.15 bits per heavy atom. The van der Waals surface area contributed by atoms with Gasteiger partial charge in [0.05, 0.1) is 0 Å². The molecule has 0 saturated heterocycles. The van der Waals surface area contributed by atoms with Crippen LogP contribution >= 0.6 is 0 Å². The van der Waals surface area contributed by atoms with Crippen molar-refractivity contribution in [3.63, 3.8) is 0 Å². The predicted octanol–water partition coefficient (Wildman–Crippen LogP) is 4.96. The van der Waals surface area contributed by atoms with Crippen molar-refractivity contribution in [1.29, 1.82) is 0 Å². The summed E-state index contributed by atoms with van der Waals surface area (Å²) in [6.07, 6.45) is 3.71. The molecule has 0 aromatic rings. The summed E-state index contributed by atoms with van der Waals surface area (Å²) >= 11 is 0. The first-order valence-corrected chi connectivity index (χ1v) is 4.18. The van der Waals surface area contributed by atoms with Crippen molar-refractivity contribution >= 4 is 0 Å². The number of rotatable bonds is 3. The van der Waals surface area contributed by atoms with E-state index in [9.17, 15) is 0 Å². The van der Waals surface area contributed by atoms with Crippen molar-refractivity contribution < 1.29 is 21.1 Å². The van der Waals surface area contributed by atoms with Gasteiger partial charge in [0.15, 0.2) is 0 Å². The van der Waals surface area contributed by atoms with E-state index in [0.717, 1.165) is 0 Å². The second kappa shape index (κ2) is 18.5. The van der Waals surface area contributed by atoms with Gasteiger partial charge in [0.2, 0.25) is 0 Å². The monoisotopic (exact) mass is 357 g/mol. The van der Waals surface area contributed by atoms with Crippen LogP contribution in [0.4, 0.5) is 0 Å². The van der Waals surface area contributed by atoms with E-state index in [2.05, 4.69) is 34.6 Å². The largest absolute Gasteiger partial charge is 0.358 e. The molecule has 0 radical (unpaired) electrons. The van der Waals surface area contributed by atoms with E-state index in [-0.39, 0.29) is 35.9 Å². The molecule has 0 aromatic heterocycles. The molecule has 0 aliphatic heterocycles. The zero-order chi connectivity index (χ0) is 8.62. The summed E-state index contributed by atoms with van der Waals surface area (Å²) in [6.45, 7) is 15.7. The van der Waals surface area contributed by atoms with Gasteiger partial charge in [-0.25, -0.2) is 0 Å². The third-order valence-electron chi connectivity index (χ3n) is 1.71. The van der Waals surface area contributed by atoms with E-state index in [4.69, 9.17) is 0 Å². The Hall–Kier alpha value is 0.688. The Balaban J connectivity index is -0.0000000398. The minimum atomic E-state index is 0. The van der Waals surface area contributed by atoms with Crippen LogP contribution in [-0.4, -0.2) is 0 Å². The van der Waals surface area contributed by atoms with Gasteiger partial charge in [-0.1, -0.05) is 47.5 Å². The maximum absolute atomic E-state index is 4.08. The molecule has 86 valence electrons. The molecular formula is C12H29W-3. The fraction of sp³-hybridized carbons (Fsp3) is 0.750. The minimum Gasteiger partial charge on any atom is -0.358 e. The molecule has 0 heterocycles. The van der Waals surface area contributed by atoms with Crippen LogP contribution in [0.1, 0.15) is 54.4 Å². The standard InChI is InChI=1S/C8H17.C2H5.CH4.CH3.W/c1-5-7-8(3,4)6-2;1-2;;;/h3,5-7H2,1-2,4H3;1H2,2H3;1H4;1H3;/q2*-1;;-1;. The van der Waals surface area contributed by atoms with E-state index in [0.29, 0.717) is 5.41 Å². The van der Waals surface area contributed by atoms with Gasteiger partial charge >= 0.3 is 0 Å². The van der Waals surface area contributed by atoms with Crippen LogP contribution < -0.4 is 0 Å². The topological polar surface area (TPSA) is 0 Å². The second-order valence-electron chi connectivity index (χ2n) is 2.91. The molecule has 0 aliphatic carbocycles. The van der Waals surface area contributed by atoms with E-state index in [1.165, 1.54) is 19.3 Å². The molecule has 1 heteroatoms. The van der Waals surface area contributed by atoms with Gasteiger partial charge in [0.25, 0.3) is 0 Å². The van der Waals surface area contributed by atoms with Crippen molar-refractivity contribution in [2.45, 2.75) is 54.4 Å². The maximum atomic E-state index is 4.08. The van der Waals surface area contributed by atoms with Gasteiger partial charge in [-0.15, -0.1) is 0 Å². The van der Waals surface area contributed by atoms with Crippen molar-refractivity contribution in [3.8, 4) is 0 Å². The molecule has 0 saturated carbocycles. The Bertz CT molecular complexity index is 58.1. The zero-order valence-corrected chi connectivity index (χ0v) is 12.4. The van der Waals surface area contributed by atoms with Crippen molar-refractivity contribution in [2.75, 3.05) is 0 Å². The second-order valence-corrected chi connectivity index (χ2v) is 2.91. The SMILES string of the molecule is C.[CH2-]C.[CH2-]C(C)(CC)CCC.[CH3-].[W]. The van der Waals surface area contributed by atoms with Crippen molar-refractivity contribution in [2.24, 2.45) is 5.41 Å². The predicted molar refractivity (Wildman–Crippen MR) is 62.8 cm³/mol. The van der Waals surface area contributed by atoms with Crippen LogP contribution in [0.15, 0.2) is 0 Å². The quantitative estimate of drug-likeness (QED) is 0.627. The fourth-order valence-electron chi connectivity index (χ4n) is 0.780. The third-order valence-corrected chi connectivity index (χ3v) is 1.71. The first-order valence-electron chi connectivity index (χ1n) is 4.18. The number of hydrogen-bond acceptors (Lipinski definition) is 0. The molecule has 1 unspecified atom stereocenters. The van der Waals surface area contributed by atoms with Gasteiger partial charge < -0.3 is 21.3 Å². The molecule has 0 N–H and O–H groups in total. The zero-order valence-electron chi connectivity index (χ0n) is 9.44. The summed E-state index contributed by atoms with van der Waals surface area (Å²) in [5.74, 6) is 0. The average Bonchev–Trinajstić information content (AvgIpc) is 1.93. The van der Waals surface area contributed by atoms with E-state index in [1.807, 2.05) is 0 Å². The molecule has 0 bridgehead atoms. The summed E-state index contributed by atoms with van der Waals surface area (Å²) in [4.78, 5) is 0. The van der Waals surface area contributed by atoms with Crippen molar-refractivity contribution in [1.82, 2.24) is 0 Å². The van der Waals surface area contributed by atoms with Crippen LogP contribution in [0.5, 0.6) is 0 Å². The molecule has 0 rings (SSSR count). The summed E-state index contributed by atoms with van der Waals surface area (Å²) in [7, 11) is 0. The molecule has 0 spiro atoms. The molecule has 0 amide bonds. The number of hydrogen-bond donors (Lipinski definition) is 0. The maximum Gasteiger partial charge on any atom is 0 e. The Kier molecular flexibility index (Phi) is 41.5. The summed E-state index contributed by atoms with van der Waals surface area (Å²) in [5, 5.41) is 0. The first-order chi connectivity index (χ1) is 4.62. The van der Waals surface area contributed by atoms with Gasteiger partial charge in [0.1, 0.15) is 0 Å². The molecular weight excluding hydrogens is 328 g/mol. The van der Waals surface area contributed by atoms with Crippen LogP contribution in [-0.2, 0) is 21.1 Å². The van der Waals surface area contributed by atoms with Gasteiger partial charge in [0, 0.05) is 21.1 Å². The smallest absolute Gasteiger partial charge is 0 e. The van der Waals surface area contributed by atoms with Crippen LogP contribution in [0.3, 0.4) is 0 Å². The van der Waals surface area contributed by atoms with E-state index in [1.54, 1.807) is 6.92 Å². The Morgan fingerprint density at radius 2 is 1.46 bits per heavy atom. The van der Waals surface area contributed by atoms with Gasteiger partial charge in [-0.3, -0.25) is 0 Å². The van der Waals surface area contributed by atoms with Crippen LogP contribution in [0.2, 0.25) is 0 Å². The fourth-order valence-corrected chi connectivity index (χ4v) is 0.780. The van der Waals surface area contributed by atoms with E-state index < -0.39 is 0 Å². The molecule has 0 nitrogen and oxygen atoms in total. The average molecular weight is 357 g/mol. The van der Waals surface area contributed by atoms with Gasteiger partial charge in [-0.2, -0.15) is 12.3 Å². The summed E-state index contributed by atoms with van der Waals surface area (Å²) in [5.41, 5.74) is 0.342. The Morgan fingerprint density at radius 3 is 1.54 bits per heavy atom. The molecule has 13 heavy (non-hydrogen) atoms. The van der Waals surface area contributed by atoms with Crippen LogP contribution in [0, 0.1) is 26.7 Å². The normalized spacial score (nSPS) is 11.5. The third kappa shape index (κ3) is 24.5. The summed E-state index contributed by atoms with van der Waals surface area (Å²) in [6, 6.07) is 0. The summed E-state index contributed by atoms with van der Waals surface area (Å²) < 4.78 is 0. The molecule has 0 fully saturated rings. The van der Waals surface area contributed by atoms with Crippen molar-refractivity contribution in [3.05, 3.63) is 21.3 Å². The molecule has 0 aromatic carbocycles. The van der Waals surface area contributed by atoms with E-state index >= 15 is 0 Å². The first kappa shape index (κ1) is 29.2. The molecule has 1 atom stereocenters. The van der Waals surface area contributed by atoms with Gasteiger partial charge in [-0.05, 0) is 0 Å². The molecule has 0 aliphatic rings. The van der Waals surface area contributed by atoms with Crippen LogP contribution in [0.25, 0.3) is 0 Å².